The summed E-state index contributed by atoms with van der Waals surface area (Å²) in [5.74, 6) is -0.898. The van der Waals surface area contributed by atoms with Crippen molar-refractivity contribution in [2.45, 2.75) is 30.6 Å². The van der Waals surface area contributed by atoms with Crippen LogP contribution in [0.1, 0.15) is 34.3 Å². The van der Waals surface area contributed by atoms with Gasteiger partial charge in [-0.05, 0) is 61.1 Å². The van der Waals surface area contributed by atoms with Gasteiger partial charge in [0, 0.05) is 0 Å². The van der Waals surface area contributed by atoms with Crippen LogP contribution in [0, 0.1) is 0 Å². The number of hydrogen-bond donors (Lipinski definition) is 1. The number of fused-ring (bicyclic) bond motifs is 1. The van der Waals surface area contributed by atoms with Crippen LogP contribution in [0.15, 0.2) is 47.4 Å². The molecule has 1 N–H and O–H groups in total. The molecule has 3 rings (SSSR count). The van der Waals surface area contributed by atoms with Crippen LogP contribution in [-0.4, -0.2) is 40.4 Å². The zero-order valence-electron chi connectivity index (χ0n) is 16.1. The van der Waals surface area contributed by atoms with Crippen LogP contribution in [0.4, 0.5) is 0 Å². The number of esters is 1. The number of para-hydroxylation sites is 1. The van der Waals surface area contributed by atoms with Gasteiger partial charge >= 0.3 is 5.97 Å². The zero-order valence-corrected chi connectivity index (χ0v) is 17.0. The normalized spacial score (nSPS) is 13.4. The summed E-state index contributed by atoms with van der Waals surface area (Å²) in [5, 5.41) is 0. The van der Waals surface area contributed by atoms with Crippen molar-refractivity contribution in [3.63, 3.8) is 0 Å². The van der Waals surface area contributed by atoms with Crippen molar-refractivity contribution in [2.75, 3.05) is 20.3 Å². The van der Waals surface area contributed by atoms with Gasteiger partial charge < -0.3 is 9.47 Å². The van der Waals surface area contributed by atoms with Gasteiger partial charge in [-0.1, -0.05) is 18.2 Å². The van der Waals surface area contributed by atoms with Crippen molar-refractivity contribution in [3.05, 3.63) is 59.2 Å². The molecule has 0 aliphatic heterocycles. The highest BCUT2D eigenvalue weighted by molar-refractivity contribution is 7.89. The van der Waals surface area contributed by atoms with Crippen molar-refractivity contribution in [1.82, 2.24) is 4.72 Å². The minimum absolute atomic E-state index is 0.121. The van der Waals surface area contributed by atoms with E-state index in [2.05, 4.69) is 4.72 Å². The van der Waals surface area contributed by atoms with Crippen LogP contribution in [0.5, 0.6) is 5.75 Å². The number of ketones is 1. The third kappa shape index (κ3) is 5.21. The number of aryl methyl sites for hydroxylation is 2. The van der Waals surface area contributed by atoms with Crippen LogP contribution < -0.4 is 9.46 Å². The minimum atomic E-state index is -3.85. The third-order valence-electron chi connectivity index (χ3n) is 4.81. The van der Waals surface area contributed by atoms with Crippen LogP contribution in [0.25, 0.3) is 0 Å². The molecule has 0 radical (unpaired) electrons. The van der Waals surface area contributed by atoms with Crippen LogP contribution in [0.2, 0.25) is 0 Å². The molecule has 0 aromatic heterocycles. The standard InChI is InChI=1S/C21H23NO6S/c1-27-20-9-5-4-8-18(20)19(23)14-28-21(24)13-22-29(25,26)17-11-10-15-6-2-3-7-16(15)12-17/h4-5,8-12,22H,2-3,6-7,13-14H2,1H3. The molecule has 29 heavy (non-hydrogen) atoms. The molecule has 2 aromatic carbocycles. The van der Waals surface area contributed by atoms with Crippen LogP contribution >= 0.6 is 0 Å². The summed E-state index contributed by atoms with van der Waals surface area (Å²) >= 11 is 0. The summed E-state index contributed by atoms with van der Waals surface area (Å²) in [5.41, 5.74) is 2.49. The molecule has 0 heterocycles. The Kier molecular flexibility index (Phi) is 6.66. The third-order valence-corrected chi connectivity index (χ3v) is 6.21. The maximum Gasteiger partial charge on any atom is 0.321 e. The van der Waals surface area contributed by atoms with Crippen LogP contribution in [-0.2, 0) is 32.4 Å². The predicted octanol–water partition coefficient (Wildman–Crippen LogP) is 2.28. The number of hydrogen-bond acceptors (Lipinski definition) is 6. The van der Waals surface area contributed by atoms with Crippen molar-refractivity contribution in [3.8, 4) is 5.75 Å². The van der Waals surface area contributed by atoms with Crippen LogP contribution in [0.3, 0.4) is 0 Å². The molecule has 0 saturated carbocycles. The molecule has 0 unspecified atom stereocenters. The molecule has 0 amide bonds. The molecule has 0 atom stereocenters. The lowest BCUT2D eigenvalue weighted by atomic mass is 9.92. The van der Waals surface area contributed by atoms with Gasteiger partial charge in [0.1, 0.15) is 12.3 Å². The summed E-state index contributed by atoms with van der Waals surface area (Å²) < 4.78 is 37.2. The average Bonchev–Trinajstić information content (AvgIpc) is 2.75. The molecule has 1 aliphatic rings. The SMILES string of the molecule is COc1ccccc1C(=O)COC(=O)CNS(=O)(=O)c1ccc2c(c1)CCCC2. The second-order valence-corrected chi connectivity index (χ2v) is 8.51. The number of carbonyl (C=O) groups excluding carboxylic acids is 2. The fourth-order valence-electron chi connectivity index (χ4n) is 3.26. The lowest BCUT2D eigenvalue weighted by molar-refractivity contribution is -0.141. The van der Waals surface area contributed by atoms with Gasteiger partial charge in [0.25, 0.3) is 0 Å². The quantitative estimate of drug-likeness (QED) is 0.523. The first-order chi connectivity index (χ1) is 13.9. The van der Waals surface area contributed by atoms with Crippen molar-refractivity contribution >= 4 is 21.8 Å². The lowest BCUT2D eigenvalue weighted by Crippen LogP contribution is -2.31. The number of nitrogens with one attached hydrogen (secondary N) is 1. The number of Topliss-reactive ketones (excluding diaryl/α,β-unsaturated/α-hetero) is 1. The fourth-order valence-corrected chi connectivity index (χ4v) is 4.28. The second-order valence-electron chi connectivity index (χ2n) is 6.75. The Labute approximate surface area is 170 Å². The molecule has 0 spiro atoms. The zero-order chi connectivity index (χ0) is 20.9. The molecule has 2 aromatic rings. The smallest absolute Gasteiger partial charge is 0.321 e. The van der Waals surface area contributed by atoms with E-state index in [-0.39, 0.29) is 10.5 Å². The monoisotopic (exact) mass is 417 g/mol. The Bertz CT molecular complexity index is 1020. The van der Waals surface area contributed by atoms with E-state index in [1.807, 2.05) is 6.07 Å². The van der Waals surface area contributed by atoms with Crippen molar-refractivity contribution in [2.24, 2.45) is 0 Å². The summed E-state index contributed by atoms with van der Waals surface area (Å²) in [6.07, 6.45) is 3.95. The summed E-state index contributed by atoms with van der Waals surface area (Å²) in [7, 11) is -2.41. The summed E-state index contributed by atoms with van der Waals surface area (Å²) in [6.45, 7) is -1.06. The van der Waals surface area contributed by atoms with E-state index in [4.69, 9.17) is 9.47 Å². The van der Waals surface area contributed by atoms with Crippen molar-refractivity contribution in [1.29, 1.82) is 0 Å². The number of carbonyl (C=O) groups is 2. The Morgan fingerprint density at radius 3 is 2.52 bits per heavy atom. The van der Waals surface area contributed by atoms with Gasteiger partial charge in [-0.3, -0.25) is 9.59 Å². The van der Waals surface area contributed by atoms with E-state index in [1.54, 1.807) is 36.4 Å². The van der Waals surface area contributed by atoms with E-state index in [9.17, 15) is 18.0 Å². The van der Waals surface area contributed by atoms with Gasteiger partial charge in [-0.2, -0.15) is 4.72 Å². The highest BCUT2D eigenvalue weighted by Crippen LogP contribution is 2.24. The molecule has 0 saturated heterocycles. The molecule has 1 aliphatic carbocycles. The summed E-state index contributed by atoms with van der Waals surface area (Å²) in [4.78, 5) is 24.2. The highest BCUT2D eigenvalue weighted by Gasteiger charge is 2.20. The minimum Gasteiger partial charge on any atom is -0.496 e. The molecule has 0 fully saturated rings. The maximum atomic E-state index is 12.5. The van der Waals surface area contributed by atoms with Gasteiger partial charge in [0.15, 0.2) is 6.61 Å². The number of rotatable bonds is 8. The van der Waals surface area contributed by atoms with Gasteiger partial charge in [-0.25, -0.2) is 8.42 Å². The lowest BCUT2D eigenvalue weighted by Gasteiger charge is -2.16. The van der Waals surface area contributed by atoms with E-state index < -0.39 is 34.9 Å². The fraction of sp³-hybridized carbons (Fsp3) is 0.333. The maximum absolute atomic E-state index is 12.5. The second kappa shape index (κ2) is 9.19. The molecular weight excluding hydrogens is 394 g/mol. The Morgan fingerprint density at radius 1 is 1.03 bits per heavy atom. The van der Waals surface area contributed by atoms with E-state index in [1.165, 1.54) is 12.7 Å². The molecule has 0 bridgehead atoms. The number of sulfonamides is 1. The number of benzene rings is 2. The summed E-state index contributed by atoms with van der Waals surface area (Å²) in [6, 6.07) is 11.6. The molecule has 8 heteroatoms. The topological polar surface area (TPSA) is 98.8 Å². The van der Waals surface area contributed by atoms with E-state index in [0.29, 0.717) is 5.75 Å². The van der Waals surface area contributed by atoms with Gasteiger partial charge in [-0.15, -0.1) is 0 Å². The Morgan fingerprint density at radius 2 is 1.76 bits per heavy atom. The van der Waals surface area contributed by atoms with Gasteiger partial charge in [0.2, 0.25) is 15.8 Å². The number of ether oxygens (including phenoxy) is 2. The predicted molar refractivity (Wildman–Crippen MR) is 107 cm³/mol. The first-order valence-corrected chi connectivity index (χ1v) is 10.8. The molecule has 7 nitrogen and oxygen atoms in total. The number of methoxy groups -OCH3 is 1. The first kappa shape index (κ1) is 21.0. The molecular formula is C21H23NO6S. The van der Waals surface area contributed by atoms with Gasteiger partial charge in [0.05, 0.1) is 17.6 Å². The Hall–Kier alpha value is -2.71. The highest BCUT2D eigenvalue weighted by atomic mass is 32.2. The van der Waals surface area contributed by atoms with Crippen molar-refractivity contribution < 1.29 is 27.5 Å². The molecule has 154 valence electrons. The van der Waals surface area contributed by atoms with E-state index in [0.717, 1.165) is 31.2 Å². The first-order valence-electron chi connectivity index (χ1n) is 9.34. The largest absolute Gasteiger partial charge is 0.496 e. The Balaban J connectivity index is 1.55. The van der Waals surface area contributed by atoms with E-state index >= 15 is 0 Å². The average molecular weight is 417 g/mol.